The third kappa shape index (κ3) is 3.42. The largest absolute Gasteiger partial charge is 0.494 e. The Morgan fingerprint density at radius 1 is 1.16 bits per heavy atom. The Labute approximate surface area is 146 Å². The number of rotatable bonds is 5. The second-order valence-corrected chi connectivity index (χ2v) is 7.32. The summed E-state index contributed by atoms with van der Waals surface area (Å²) in [5, 5.41) is 2.75. The number of anilines is 1. The second kappa shape index (κ2) is 6.70. The average Bonchev–Trinajstić information content (AvgIpc) is 2.92. The molecule has 2 aromatic rings. The molecule has 0 saturated heterocycles. The molecule has 0 aromatic heterocycles. The summed E-state index contributed by atoms with van der Waals surface area (Å²) in [6, 6.07) is 11.9. The Bertz CT molecular complexity index is 948. The lowest BCUT2D eigenvalue weighted by atomic mass is 10.0. The fourth-order valence-electron chi connectivity index (χ4n) is 2.59. The molecule has 0 atom stereocenters. The first-order valence-corrected chi connectivity index (χ1v) is 9.27. The van der Waals surface area contributed by atoms with Crippen molar-refractivity contribution in [1.82, 2.24) is 4.72 Å². The van der Waals surface area contributed by atoms with Crippen molar-refractivity contribution in [2.45, 2.75) is 11.8 Å². The first-order chi connectivity index (χ1) is 11.9. The van der Waals surface area contributed by atoms with E-state index in [1.54, 1.807) is 12.1 Å². The normalized spacial score (nSPS) is 15.1. The van der Waals surface area contributed by atoms with Gasteiger partial charge in [0.2, 0.25) is 10.0 Å². The summed E-state index contributed by atoms with van der Waals surface area (Å²) in [4.78, 5) is 12.4. The molecule has 0 unspecified atom stereocenters. The predicted molar refractivity (Wildman–Crippen MR) is 96.8 cm³/mol. The van der Waals surface area contributed by atoms with E-state index < -0.39 is 10.0 Å². The van der Waals surface area contributed by atoms with Crippen molar-refractivity contribution in [3.63, 3.8) is 0 Å². The molecule has 0 bridgehead atoms. The zero-order valence-corrected chi connectivity index (χ0v) is 14.7. The highest BCUT2D eigenvalue weighted by atomic mass is 32.2. The molecule has 0 saturated carbocycles. The third-order valence-corrected chi connectivity index (χ3v) is 5.27. The number of hydrogen-bond acceptors (Lipinski definition) is 4. The second-order valence-electron chi connectivity index (χ2n) is 5.43. The number of sulfonamides is 1. The molecule has 25 heavy (non-hydrogen) atoms. The lowest BCUT2D eigenvalue weighted by molar-refractivity contribution is -0.110. The highest BCUT2D eigenvalue weighted by Gasteiger charge is 2.26. The van der Waals surface area contributed by atoms with Crippen molar-refractivity contribution >= 4 is 33.3 Å². The molecule has 1 aliphatic rings. The average molecular weight is 358 g/mol. The highest BCUT2D eigenvalue weighted by Crippen LogP contribution is 2.34. The predicted octanol–water partition coefficient (Wildman–Crippen LogP) is 2.49. The molecule has 130 valence electrons. The fourth-order valence-corrected chi connectivity index (χ4v) is 3.34. The van der Waals surface area contributed by atoms with Crippen molar-refractivity contribution in [3.8, 4) is 5.75 Å². The summed E-state index contributed by atoms with van der Waals surface area (Å²) in [6.45, 7) is 2.49. The Morgan fingerprint density at radius 3 is 2.52 bits per heavy atom. The molecule has 1 aliphatic heterocycles. The number of amides is 1. The van der Waals surface area contributed by atoms with Crippen LogP contribution < -0.4 is 14.8 Å². The van der Waals surface area contributed by atoms with E-state index in [4.69, 9.17) is 4.74 Å². The lowest BCUT2D eigenvalue weighted by Crippen LogP contribution is -2.18. The van der Waals surface area contributed by atoms with Crippen LogP contribution >= 0.6 is 0 Å². The maximum atomic E-state index is 12.3. The monoisotopic (exact) mass is 358 g/mol. The minimum absolute atomic E-state index is 0.114. The molecule has 0 radical (unpaired) electrons. The van der Waals surface area contributed by atoms with Gasteiger partial charge >= 0.3 is 0 Å². The molecule has 2 aromatic carbocycles. The molecule has 0 fully saturated rings. The van der Waals surface area contributed by atoms with Gasteiger partial charge in [-0.15, -0.1) is 0 Å². The molecular formula is C18H18N2O4S. The molecule has 6 nitrogen and oxygen atoms in total. The van der Waals surface area contributed by atoms with Crippen molar-refractivity contribution in [2.24, 2.45) is 0 Å². The number of carbonyl (C=O) groups excluding carboxylic acids is 1. The van der Waals surface area contributed by atoms with E-state index in [1.165, 1.54) is 19.2 Å². The first kappa shape index (κ1) is 17.2. The van der Waals surface area contributed by atoms with Crippen LogP contribution in [-0.4, -0.2) is 28.0 Å². The van der Waals surface area contributed by atoms with Crippen molar-refractivity contribution in [2.75, 3.05) is 19.0 Å². The molecule has 7 heteroatoms. The summed E-state index contributed by atoms with van der Waals surface area (Å²) in [5.74, 6) is 0.492. The van der Waals surface area contributed by atoms with Gasteiger partial charge in [0.25, 0.3) is 5.91 Å². The molecule has 1 amide bonds. The van der Waals surface area contributed by atoms with E-state index >= 15 is 0 Å². The summed E-state index contributed by atoms with van der Waals surface area (Å²) in [6.07, 6.45) is 1.73. The maximum absolute atomic E-state index is 12.3. The van der Waals surface area contributed by atoms with Gasteiger partial charge in [-0.05, 0) is 55.9 Å². The van der Waals surface area contributed by atoms with E-state index in [-0.39, 0.29) is 10.8 Å². The van der Waals surface area contributed by atoms with Crippen LogP contribution in [-0.2, 0) is 14.8 Å². The number of fused-ring (bicyclic) bond motifs is 1. The maximum Gasteiger partial charge on any atom is 0.256 e. The van der Waals surface area contributed by atoms with Gasteiger partial charge in [0.1, 0.15) is 5.75 Å². The van der Waals surface area contributed by atoms with Gasteiger partial charge in [0.05, 0.1) is 11.5 Å². The van der Waals surface area contributed by atoms with Crippen LogP contribution in [0.25, 0.3) is 11.6 Å². The number of ether oxygens (including phenoxy) is 1. The number of benzene rings is 2. The summed E-state index contributed by atoms with van der Waals surface area (Å²) in [7, 11) is -2.23. The number of carbonyl (C=O) groups is 1. The van der Waals surface area contributed by atoms with Gasteiger partial charge in [0.15, 0.2) is 0 Å². The third-order valence-electron chi connectivity index (χ3n) is 3.86. The van der Waals surface area contributed by atoms with Gasteiger partial charge in [-0.2, -0.15) is 0 Å². The van der Waals surface area contributed by atoms with Crippen LogP contribution in [0.4, 0.5) is 5.69 Å². The van der Waals surface area contributed by atoms with E-state index in [9.17, 15) is 13.2 Å². The standard InChI is InChI=1S/C18H18N2O4S/c1-3-24-13-6-4-12(5-7-13)10-16-15-11-14(25(22,23)19-2)8-9-17(15)20-18(16)21/h4-11,19H,3H2,1-2H3,(H,20,21). The molecule has 1 heterocycles. The minimum atomic E-state index is -3.58. The fraction of sp³-hybridized carbons (Fsp3) is 0.167. The van der Waals surface area contributed by atoms with Crippen LogP contribution in [0, 0.1) is 0 Å². The zero-order valence-electron chi connectivity index (χ0n) is 13.9. The topological polar surface area (TPSA) is 84.5 Å². The molecule has 2 N–H and O–H groups in total. The van der Waals surface area contributed by atoms with Crippen molar-refractivity contribution in [1.29, 1.82) is 0 Å². The van der Waals surface area contributed by atoms with Gasteiger partial charge in [-0.3, -0.25) is 4.79 Å². The van der Waals surface area contributed by atoms with Gasteiger partial charge in [-0.25, -0.2) is 13.1 Å². The lowest BCUT2D eigenvalue weighted by Gasteiger charge is -2.05. The summed E-state index contributed by atoms with van der Waals surface area (Å²) >= 11 is 0. The molecule has 3 rings (SSSR count). The smallest absolute Gasteiger partial charge is 0.256 e. The van der Waals surface area contributed by atoms with Crippen LogP contribution in [0.2, 0.25) is 0 Å². The zero-order chi connectivity index (χ0) is 18.0. The number of hydrogen-bond donors (Lipinski definition) is 2. The van der Waals surface area contributed by atoms with Crippen LogP contribution in [0.5, 0.6) is 5.75 Å². The number of nitrogens with one attached hydrogen (secondary N) is 2. The van der Waals surface area contributed by atoms with E-state index in [1.807, 2.05) is 31.2 Å². The molecule has 0 aliphatic carbocycles. The van der Waals surface area contributed by atoms with Crippen LogP contribution in [0.3, 0.4) is 0 Å². The highest BCUT2D eigenvalue weighted by molar-refractivity contribution is 7.89. The van der Waals surface area contributed by atoms with Crippen molar-refractivity contribution < 1.29 is 17.9 Å². The summed E-state index contributed by atoms with van der Waals surface area (Å²) < 4.78 is 31.7. The van der Waals surface area contributed by atoms with Gasteiger partial charge in [-0.1, -0.05) is 12.1 Å². The SMILES string of the molecule is CCOc1ccc(C=C2C(=O)Nc3ccc(S(=O)(=O)NC)cc32)cc1. The first-order valence-electron chi connectivity index (χ1n) is 7.78. The van der Waals surface area contributed by atoms with Crippen LogP contribution in [0.15, 0.2) is 47.4 Å². The Hall–Kier alpha value is -2.64. The van der Waals surface area contributed by atoms with E-state index in [0.29, 0.717) is 23.4 Å². The minimum Gasteiger partial charge on any atom is -0.494 e. The Morgan fingerprint density at radius 2 is 1.88 bits per heavy atom. The molecular weight excluding hydrogens is 340 g/mol. The van der Waals surface area contributed by atoms with Crippen molar-refractivity contribution in [3.05, 3.63) is 53.6 Å². The van der Waals surface area contributed by atoms with E-state index in [0.717, 1.165) is 11.3 Å². The quantitative estimate of drug-likeness (QED) is 0.804. The van der Waals surface area contributed by atoms with Crippen LogP contribution in [0.1, 0.15) is 18.1 Å². The molecule has 0 spiro atoms. The Balaban J connectivity index is 2.01. The Kier molecular flexibility index (Phi) is 4.61. The van der Waals surface area contributed by atoms with E-state index in [2.05, 4.69) is 10.0 Å². The summed E-state index contributed by atoms with van der Waals surface area (Å²) in [5.41, 5.74) is 2.41. The van der Waals surface area contributed by atoms with Gasteiger partial charge < -0.3 is 10.1 Å². The van der Waals surface area contributed by atoms with Gasteiger partial charge in [0, 0.05) is 16.8 Å².